The number of ether oxygens (including phenoxy) is 2. The van der Waals surface area contributed by atoms with Crippen molar-refractivity contribution in [2.75, 3.05) is 87.9 Å². The second-order valence-corrected chi connectivity index (χ2v) is 13.1. The molecule has 4 aromatic rings. The Labute approximate surface area is 394 Å². The number of hydrogen-bond acceptors (Lipinski definition) is 15. The Morgan fingerprint density at radius 3 is 0.825 bits per heavy atom. The fourth-order valence-electron chi connectivity index (χ4n) is 4.09. The molecule has 0 saturated heterocycles. The topological polar surface area (TPSA) is 387 Å². The maximum atomic E-state index is 11.8. The number of nitrogens with zero attached hydrogens (tertiary/aromatic N) is 5. The van der Waals surface area contributed by atoms with E-state index in [1.54, 1.807) is 0 Å². The van der Waals surface area contributed by atoms with Crippen molar-refractivity contribution >= 4 is 23.6 Å². The zero-order valence-corrected chi connectivity index (χ0v) is 37.5. The van der Waals surface area contributed by atoms with Gasteiger partial charge >= 0.3 is 64.0 Å². The molecule has 0 unspecified atom stereocenters. The molecule has 0 aliphatic heterocycles. The van der Waals surface area contributed by atoms with Crippen molar-refractivity contribution in [2.45, 2.75) is 0 Å². The van der Waals surface area contributed by atoms with E-state index in [0.717, 1.165) is 35.9 Å². The molecule has 4 rings (SSSR count). The Balaban J connectivity index is 0. The first-order valence-corrected chi connectivity index (χ1v) is 17.9. The normalized spacial score (nSPS) is 9.94. The van der Waals surface area contributed by atoms with Gasteiger partial charge in [0.2, 0.25) is 0 Å². The van der Waals surface area contributed by atoms with Crippen LogP contribution in [0.2, 0.25) is 0 Å². The quantitative estimate of drug-likeness (QED) is 0.0302. The Morgan fingerprint density at radius 1 is 0.476 bits per heavy atom. The van der Waals surface area contributed by atoms with E-state index in [9.17, 15) is 60.4 Å². The molecule has 0 fully saturated rings. The molecule has 0 saturated carbocycles. The molecule has 26 heteroatoms. The largest absolute Gasteiger partial charge is 3.00 e. The van der Waals surface area contributed by atoms with Gasteiger partial charge in [-0.2, -0.15) is 18.9 Å². The van der Waals surface area contributed by atoms with Gasteiger partial charge in [-0.3, -0.25) is 19.2 Å². The molecule has 63 heavy (non-hydrogen) atoms. The molecule has 4 heterocycles. The van der Waals surface area contributed by atoms with Crippen LogP contribution in [0.3, 0.4) is 0 Å². The third-order valence-corrected chi connectivity index (χ3v) is 6.71. The number of carbonyl (C=O) groups is 4. The van der Waals surface area contributed by atoms with Gasteiger partial charge in [-0.15, -0.1) is 0 Å². The van der Waals surface area contributed by atoms with Gasteiger partial charge in [0.1, 0.15) is 0 Å². The number of rotatable bonds is 16. The maximum Gasteiger partial charge on any atom is 3.00 e. The standard InChI is InChI=1S/2C16H18N4O7.C4H12N.CH4O.H2O.Sm/c2*21-13-5-1-3-11(19(13)25)15(23)17-7-9-27-10-8-18-16(24)12-4-2-6-14(22)20(12)26;1-5(2,3)4;1-2;;/h2*1-6,21-22H,7-10H2,(H,17,23)(H,18,24);1-4H3;2H,1H3;1H2;/q;;+1;;;+3/p-4. The number of nitrogens with one attached hydrogen (secondary N) is 4. The van der Waals surface area contributed by atoms with E-state index in [2.05, 4.69) is 49.5 Å². The van der Waals surface area contributed by atoms with E-state index in [4.69, 9.17) is 14.6 Å². The third kappa shape index (κ3) is 22.1. The van der Waals surface area contributed by atoms with Crippen molar-refractivity contribution in [2.24, 2.45) is 0 Å². The van der Waals surface area contributed by atoms with E-state index < -0.39 is 47.1 Å². The van der Waals surface area contributed by atoms with E-state index in [1.165, 1.54) is 48.5 Å². The summed E-state index contributed by atoms with van der Waals surface area (Å²) in [6, 6.07) is 14.3. The average molecular weight is 1030 g/mol. The van der Waals surface area contributed by atoms with Gasteiger partial charge in [-0.1, -0.05) is 24.3 Å². The zero-order chi connectivity index (χ0) is 46.1. The van der Waals surface area contributed by atoms with Gasteiger partial charge in [0.25, 0.3) is 22.8 Å². The first kappa shape index (κ1) is 59.1. The van der Waals surface area contributed by atoms with Crippen LogP contribution in [-0.2, 0) is 9.47 Å². The Hall–Kier alpha value is -5.98. The summed E-state index contributed by atoms with van der Waals surface area (Å²) >= 11 is 0. The Kier molecular flexibility index (Phi) is 29.0. The van der Waals surface area contributed by atoms with Crippen LogP contribution in [0.25, 0.3) is 0 Å². The number of hydrogen-bond donors (Lipinski definition) is 5. The molecule has 4 amide bonds. The second kappa shape index (κ2) is 30.9. The van der Waals surface area contributed by atoms with Gasteiger partial charge in [0, 0.05) is 57.6 Å². The predicted molar refractivity (Wildman–Crippen MR) is 206 cm³/mol. The SMILES string of the molecule is CO.C[N+](C)(C)C.O.O=C(NCCOCCNC(=O)c1cccc([O-])[n+]1[O-])c1cccc([O-])[n+]1[O-].O=C(NCCOCCNC(=O)c1cccc([O-])[n+]1[O-])c1cccc([O-])[n+]1[O-].[Sm+3]. The van der Waals surface area contributed by atoms with Crippen LogP contribution in [0.15, 0.2) is 72.8 Å². The number of aliphatic hydroxyl groups excluding tert-OH is 1. The number of aromatic nitrogens is 4. The molecule has 0 bridgehead atoms. The fraction of sp³-hybridized carbons (Fsp3) is 0.351. The van der Waals surface area contributed by atoms with Crippen LogP contribution in [-0.4, -0.2) is 127 Å². The van der Waals surface area contributed by atoms with Crippen molar-refractivity contribution < 1.29 is 123 Å². The van der Waals surface area contributed by atoms with Gasteiger partial charge < -0.3 is 87.1 Å². The summed E-state index contributed by atoms with van der Waals surface area (Å²) in [5.74, 6) is -6.19. The summed E-state index contributed by atoms with van der Waals surface area (Å²) in [4.78, 5) is 47.1. The summed E-state index contributed by atoms with van der Waals surface area (Å²) < 4.78 is 11.3. The van der Waals surface area contributed by atoms with Crippen LogP contribution in [0, 0.1) is 61.2 Å². The smallest absolute Gasteiger partial charge is 0.822 e. The number of pyridine rings is 4. The number of carbonyl (C=O) groups excluding carboxylic acids is 4. The minimum absolute atomic E-state index is 0. The zero-order valence-electron chi connectivity index (χ0n) is 34.9. The van der Waals surface area contributed by atoms with Crippen LogP contribution in [0.5, 0.6) is 23.5 Å². The Morgan fingerprint density at radius 2 is 0.651 bits per heavy atom. The molecule has 7 N–H and O–H groups in total. The van der Waals surface area contributed by atoms with Gasteiger partial charge in [0.05, 0.1) is 54.6 Å². The monoisotopic (exact) mass is 1030 g/mol. The molecule has 345 valence electrons. The molecule has 25 nitrogen and oxygen atoms in total. The fourth-order valence-corrected chi connectivity index (χ4v) is 4.09. The Bertz CT molecular complexity index is 1760. The third-order valence-electron chi connectivity index (χ3n) is 6.71. The molecule has 4 aromatic heterocycles. The molecule has 0 atom stereocenters. The summed E-state index contributed by atoms with van der Waals surface area (Å²) in [7, 11) is 9.50. The van der Waals surface area contributed by atoms with Crippen LogP contribution < -0.4 is 60.6 Å². The van der Waals surface area contributed by atoms with Crippen molar-refractivity contribution in [3.8, 4) is 23.5 Å². The minimum atomic E-state index is -0.837. The van der Waals surface area contributed by atoms with Gasteiger partial charge in [0.15, 0.2) is 23.5 Å². The van der Waals surface area contributed by atoms with Crippen molar-refractivity contribution in [3.05, 3.63) is 116 Å². The average Bonchev–Trinajstić information content (AvgIpc) is 3.21. The number of amides is 4. The maximum absolute atomic E-state index is 11.8. The first-order chi connectivity index (χ1) is 28.8. The van der Waals surface area contributed by atoms with Crippen molar-refractivity contribution in [1.82, 2.24) is 21.3 Å². The molecular weight excluding hydrogens is 977 g/mol. The molecule has 0 spiro atoms. The molecule has 0 aliphatic carbocycles. The van der Waals surface area contributed by atoms with E-state index in [-0.39, 0.29) is 140 Å². The van der Waals surface area contributed by atoms with E-state index in [0.29, 0.717) is 0 Å². The summed E-state index contributed by atoms with van der Waals surface area (Å²) in [5.41, 5.74) is -1.27. The molecule has 1 radical (unpaired) electrons. The summed E-state index contributed by atoms with van der Waals surface area (Å²) in [6.45, 7) is 0.682. The molecular formula is C37H50N9O16Sm. The van der Waals surface area contributed by atoms with Crippen molar-refractivity contribution in [3.63, 3.8) is 0 Å². The second-order valence-electron chi connectivity index (χ2n) is 13.1. The summed E-state index contributed by atoms with van der Waals surface area (Å²) in [6.07, 6.45) is 0. The predicted octanol–water partition coefficient (Wildman–Crippen LogP) is -6.34. The number of aliphatic hydroxyl groups is 1. The molecule has 0 aromatic carbocycles. The van der Waals surface area contributed by atoms with Crippen molar-refractivity contribution in [1.29, 1.82) is 0 Å². The molecule has 0 aliphatic rings. The van der Waals surface area contributed by atoms with E-state index >= 15 is 0 Å². The van der Waals surface area contributed by atoms with Crippen LogP contribution in [0.4, 0.5) is 0 Å². The first-order valence-electron chi connectivity index (χ1n) is 17.9. The number of quaternary nitrogens is 1. The van der Waals surface area contributed by atoms with Gasteiger partial charge in [-0.05, 0) is 24.3 Å². The van der Waals surface area contributed by atoms with E-state index in [1.807, 2.05) is 0 Å². The van der Waals surface area contributed by atoms with Crippen LogP contribution in [0.1, 0.15) is 42.0 Å². The van der Waals surface area contributed by atoms with Gasteiger partial charge in [-0.25, -0.2) is 0 Å². The minimum Gasteiger partial charge on any atom is -0.822 e. The van der Waals surface area contributed by atoms with Crippen LogP contribution >= 0.6 is 0 Å². The summed E-state index contributed by atoms with van der Waals surface area (Å²) in [5, 5.41) is 107.